The van der Waals surface area contributed by atoms with Gasteiger partial charge in [-0.05, 0) is 74.3 Å². The highest BCUT2D eigenvalue weighted by atomic mass is 15.5. The van der Waals surface area contributed by atoms with Gasteiger partial charge in [-0.15, -0.1) is 5.10 Å². The predicted molar refractivity (Wildman–Crippen MR) is 111 cm³/mol. The standard InChI is InChI=1S/C21H36N6/c1-8-26(9-2)14-13-18(7)22-19(15(3)4)21-23-24-25-27(21)20-16(5)11-10-12-17(20)6/h10-12,15,18-19,22H,8-9,13-14H2,1-7H3/t18-,19-/m1/s1. The Morgan fingerprint density at radius 3 is 2.26 bits per heavy atom. The lowest BCUT2D eigenvalue weighted by Crippen LogP contribution is -2.38. The number of nitrogens with zero attached hydrogens (tertiary/aromatic N) is 5. The van der Waals surface area contributed by atoms with Gasteiger partial charge in [0.25, 0.3) is 0 Å². The van der Waals surface area contributed by atoms with Crippen LogP contribution in [0.1, 0.15) is 64.0 Å². The molecular weight excluding hydrogens is 336 g/mol. The van der Waals surface area contributed by atoms with Gasteiger partial charge in [0.05, 0.1) is 11.7 Å². The molecule has 0 aliphatic heterocycles. The Kier molecular flexibility index (Phi) is 7.92. The summed E-state index contributed by atoms with van der Waals surface area (Å²) in [6, 6.07) is 6.79. The smallest absolute Gasteiger partial charge is 0.173 e. The molecule has 2 atom stereocenters. The normalized spacial score (nSPS) is 14.1. The second-order valence-electron chi connectivity index (χ2n) is 7.79. The number of rotatable bonds is 10. The van der Waals surface area contributed by atoms with E-state index in [-0.39, 0.29) is 6.04 Å². The third-order valence-corrected chi connectivity index (χ3v) is 5.33. The summed E-state index contributed by atoms with van der Waals surface area (Å²) in [5, 5.41) is 16.5. The molecule has 1 aromatic carbocycles. The quantitative estimate of drug-likeness (QED) is 0.689. The van der Waals surface area contributed by atoms with Crippen molar-refractivity contribution in [2.75, 3.05) is 19.6 Å². The zero-order chi connectivity index (χ0) is 20.0. The van der Waals surface area contributed by atoms with Crippen LogP contribution in [0.5, 0.6) is 0 Å². The van der Waals surface area contributed by atoms with Gasteiger partial charge in [-0.1, -0.05) is 45.9 Å². The molecule has 0 unspecified atom stereocenters. The van der Waals surface area contributed by atoms with E-state index in [1.54, 1.807) is 0 Å². The first-order valence-corrected chi connectivity index (χ1v) is 10.2. The first kappa shape index (κ1) is 21.5. The molecule has 0 bridgehead atoms. The molecule has 6 nitrogen and oxygen atoms in total. The van der Waals surface area contributed by atoms with Gasteiger partial charge in [-0.25, -0.2) is 0 Å². The molecule has 1 heterocycles. The van der Waals surface area contributed by atoms with Crippen molar-refractivity contribution in [1.82, 2.24) is 30.4 Å². The fourth-order valence-corrected chi connectivity index (χ4v) is 3.56. The lowest BCUT2D eigenvalue weighted by molar-refractivity contribution is 0.268. The number of hydrogen-bond donors (Lipinski definition) is 1. The maximum atomic E-state index is 4.41. The van der Waals surface area contributed by atoms with Crippen molar-refractivity contribution < 1.29 is 0 Å². The van der Waals surface area contributed by atoms with Crippen molar-refractivity contribution in [3.8, 4) is 5.69 Å². The lowest BCUT2D eigenvalue weighted by atomic mass is 10.0. The van der Waals surface area contributed by atoms with E-state index in [1.807, 2.05) is 4.68 Å². The third-order valence-electron chi connectivity index (χ3n) is 5.33. The van der Waals surface area contributed by atoms with Gasteiger partial charge in [0, 0.05) is 6.04 Å². The highest BCUT2D eigenvalue weighted by Crippen LogP contribution is 2.25. The molecule has 0 fully saturated rings. The Labute approximate surface area is 164 Å². The van der Waals surface area contributed by atoms with E-state index in [4.69, 9.17) is 0 Å². The Hall–Kier alpha value is -1.79. The average molecular weight is 373 g/mol. The van der Waals surface area contributed by atoms with Gasteiger partial charge in [0.1, 0.15) is 0 Å². The second kappa shape index (κ2) is 9.95. The first-order chi connectivity index (χ1) is 12.9. The molecule has 0 spiro atoms. The van der Waals surface area contributed by atoms with E-state index in [0.717, 1.165) is 37.6 Å². The fourth-order valence-electron chi connectivity index (χ4n) is 3.56. The molecular formula is C21H36N6. The highest BCUT2D eigenvalue weighted by molar-refractivity contribution is 5.46. The summed E-state index contributed by atoms with van der Waals surface area (Å²) in [5.41, 5.74) is 3.45. The van der Waals surface area contributed by atoms with Crippen molar-refractivity contribution in [2.45, 2.75) is 67.0 Å². The topological polar surface area (TPSA) is 58.9 Å². The van der Waals surface area contributed by atoms with Gasteiger partial charge in [0.2, 0.25) is 0 Å². The van der Waals surface area contributed by atoms with E-state index < -0.39 is 0 Å². The summed E-state index contributed by atoms with van der Waals surface area (Å²) >= 11 is 0. The molecule has 6 heteroatoms. The minimum absolute atomic E-state index is 0.103. The van der Waals surface area contributed by atoms with E-state index >= 15 is 0 Å². The maximum absolute atomic E-state index is 4.41. The maximum Gasteiger partial charge on any atom is 0.173 e. The molecule has 2 aromatic rings. The van der Waals surface area contributed by atoms with Crippen LogP contribution in [0.2, 0.25) is 0 Å². The molecule has 0 aliphatic carbocycles. The van der Waals surface area contributed by atoms with Gasteiger partial charge in [-0.3, -0.25) is 0 Å². The molecule has 0 aliphatic rings. The monoisotopic (exact) mass is 372 g/mol. The van der Waals surface area contributed by atoms with Crippen LogP contribution in [-0.2, 0) is 0 Å². The average Bonchev–Trinajstić information content (AvgIpc) is 3.09. The SMILES string of the molecule is CCN(CC)CC[C@@H](C)N[C@@H](c1nnnn1-c1c(C)cccc1C)C(C)C. The summed E-state index contributed by atoms with van der Waals surface area (Å²) in [7, 11) is 0. The Morgan fingerprint density at radius 2 is 1.70 bits per heavy atom. The largest absolute Gasteiger partial charge is 0.304 e. The summed E-state index contributed by atoms with van der Waals surface area (Å²) in [5.74, 6) is 1.27. The number of benzene rings is 1. The van der Waals surface area contributed by atoms with Crippen LogP contribution in [0.25, 0.3) is 5.69 Å². The van der Waals surface area contributed by atoms with E-state index in [0.29, 0.717) is 12.0 Å². The van der Waals surface area contributed by atoms with Gasteiger partial charge in [0.15, 0.2) is 5.82 Å². The van der Waals surface area contributed by atoms with Crippen LogP contribution in [0.4, 0.5) is 0 Å². The molecule has 2 rings (SSSR count). The highest BCUT2D eigenvalue weighted by Gasteiger charge is 2.25. The summed E-state index contributed by atoms with van der Waals surface area (Å²) in [4.78, 5) is 2.46. The molecule has 27 heavy (non-hydrogen) atoms. The van der Waals surface area contributed by atoms with Crippen LogP contribution < -0.4 is 5.32 Å². The molecule has 0 amide bonds. The van der Waals surface area contributed by atoms with Crippen molar-refractivity contribution in [3.63, 3.8) is 0 Å². The number of aromatic nitrogens is 4. The van der Waals surface area contributed by atoms with Crippen molar-refractivity contribution in [1.29, 1.82) is 0 Å². The fraction of sp³-hybridized carbons (Fsp3) is 0.667. The molecule has 0 saturated carbocycles. The molecule has 0 saturated heterocycles. The number of tetrazole rings is 1. The third kappa shape index (κ3) is 5.36. The van der Waals surface area contributed by atoms with Crippen molar-refractivity contribution >= 4 is 0 Å². The van der Waals surface area contributed by atoms with Crippen LogP contribution in [0, 0.1) is 19.8 Å². The summed E-state index contributed by atoms with van der Waals surface area (Å²) in [6.07, 6.45) is 1.11. The lowest BCUT2D eigenvalue weighted by Gasteiger charge is -2.27. The molecule has 150 valence electrons. The Balaban J connectivity index is 2.22. The van der Waals surface area contributed by atoms with Gasteiger partial charge in [-0.2, -0.15) is 4.68 Å². The van der Waals surface area contributed by atoms with Crippen LogP contribution >= 0.6 is 0 Å². The molecule has 1 aromatic heterocycles. The predicted octanol–water partition coefficient (Wildman–Crippen LogP) is 3.69. The number of para-hydroxylation sites is 1. The van der Waals surface area contributed by atoms with E-state index in [1.165, 1.54) is 11.1 Å². The van der Waals surface area contributed by atoms with Crippen LogP contribution in [-0.4, -0.2) is 50.8 Å². The van der Waals surface area contributed by atoms with Gasteiger partial charge < -0.3 is 10.2 Å². The minimum Gasteiger partial charge on any atom is -0.304 e. The zero-order valence-corrected chi connectivity index (χ0v) is 18.0. The zero-order valence-electron chi connectivity index (χ0n) is 18.0. The van der Waals surface area contributed by atoms with Crippen molar-refractivity contribution in [3.05, 3.63) is 35.2 Å². The van der Waals surface area contributed by atoms with Crippen LogP contribution in [0.15, 0.2) is 18.2 Å². The van der Waals surface area contributed by atoms with Crippen LogP contribution in [0.3, 0.4) is 0 Å². The number of nitrogens with one attached hydrogen (secondary N) is 1. The van der Waals surface area contributed by atoms with Gasteiger partial charge >= 0.3 is 0 Å². The second-order valence-corrected chi connectivity index (χ2v) is 7.79. The molecule has 1 N–H and O–H groups in total. The number of hydrogen-bond acceptors (Lipinski definition) is 5. The first-order valence-electron chi connectivity index (χ1n) is 10.2. The molecule has 0 radical (unpaired) electrons. The minimum atomic E-state index is 0.103. The summed E-state index contributed by atoms with van der Waals surface area (Å²) in [6.45, 7) is 18.7. The van der Waals surface area contributed by atoms with E-state index in [2.05, 4.69) is 92.4 Å². The van der Waals surface area contributed by atoms with E-state index in [9.17, 15) is 0 Å². The number of aryl methyl sites for hydroxylation is 2. The Bertz CT molecular complexity index is 684. The Morgan fingerprint density at radius 1 is 1.07 bits per heavy atom. The summed E-state index contributed by atoms with van der Waals surface area (Å²) < 4.78 is 1.92. The van der Waals surface area contributed by atoms with Crippen molar-refractivity contribution in [2.24, 2.45) is 5.92 Å².